The number of carbonyl (C=O) groups is 1. The first-order valence-electron chi connectivity index (χ1n) is 10.0. The van der Waals surface area contributed by atoms with Gasteiger partial charge in [0.15, 0.2) is 11.5 Å². The molecule has 1 aromatic heterocycles. The van der Waals surface area contributed by atoms with E-state index in [0.717, 1.165) is 5.56 Å². The number of benzene rings is 3. The largest absolute Gasteiger partial charge is 0.504 e. The maximum absolute atomic E-state index is 13.1. The molecule has 0 radical (unpaired) electrons. The molecule has 1 heterocycles. The van der Waals surface area contributed by atoms with Crippen molar-refractivity contribution in [3.05, 3.63) is 100 Å². The van der Waals surface area contributed by atoms with Crippen LogP contribution in [0.25, 0.3) is 22.4 Å². The molecule has 0 aliphatic carbocycles. The average Bonchev–Trinajstić information content (AvgIpc) is 2.85. The molecule has 0 fully saturated rings. The standard InChI is InChI=1S/C25H20N4O4/c1-33-19-14-8-13-18(23(19)30)15-26-28-24(31)21-20(16-9-4-2-5-10-16)22(27-29-25(21)32)17-11-6-3-7-12-17/h2-15,30H,1H3,(H,28,31)(H,29,32). The number of carbonyl (C=O) groups excluding carboxylic acids is 1. The molecule has 33 heavy (non-hydrogen) atoms. The molecular formula is C25H20N4O4. The second kappa shape index (κ2) is 9.61. The molecule has 0 saturated carbocycles. The lowest BCUT2D eigenvalue weighted by Crippen LogP contribution is -2.28. The first-order valence-corrected chi connectivity index (χ1v) is 10.0. The number of aromatic nitrogens is 2. The zero-order valence-corrected chi connectivity index (χ0v) is 17.6. The van der Waals surface area contributed by atoms with Crippen LogP contribution in [0, 0.1) is 0 Å². The van der Waals surface area contributed by atoms with Crippen LogP contribution in [0.4, 0.5) is 0 Å². The highest BCUT2D eigenvalue weighted by Crippen LogP contribution is 2.31. The highest BCUT2D eigenvalue weighted by Gasteiger charge is 2.22. The number of hydrazone groups is 1. The Labute approximate surface area is 189 Å². The van der Waals surface area contributed by atoms with Crippen molar-refractivity contribution in [2.45, 2.75) is 0 Å². The van der Waals surface area contributed by atoms with Crippen molar-refractivity contribution >= 4 is 12.1 Å². The molecule has 0 aliphatic heterocycles. The summed E-state index contributed by atoms with van der Waals surface area (Å²) in [6.45, 7) is 0. The molecule has 4 rings (SSSR count). The summed E-state index contributed by atoms with van der Waals surface area (Å²) in [6.07, 6.45) is 1.27. The van der Waals surface area contributed by atoms with E-state index in [2.05, 4.69) is 20.7 Å². The SMILES string of the molecule is COc1cccc(C=NNC(=O)c2c(-c3ccccc3)c(-c3ccccc3)n[nH]c2=O)c1O. The van der Waals surface area contributed by atoms with Gasteiger partial charge in [0.05, 0.1) is 19.0 Å². The fourth-order valence-electron chi connectivity index (χ4n) is 3.38. The minimum atomic E-state index is -0.715. The molecule has 8 nitrogen and oxygen atoms in total. The van der Waals surface area contributed by atoms with E-state index < -0.39 is 11.5 Å². The van der Waals surface area contributed by atoms with Crippen molar-refractivity contribution in [3.63, 3.8) is 0 Å². The Morgan fingerprint density at radius 1 is 1.00 bits per heavy atom. The number of aromatic hydroxyl groups is 1. The molecule has 0 unspecified atom stereocenters. The highest BCUT2D eigenvalue weighted by molar-refractivity contribution is 6.04. The van der Waals surface area contributed by atoms with Crippen LogP contribution in [0.3, 0.4) is 0 Å². The van der Waals surface area contributed by atoms with Crippen molar-refractivity contribution in [1.29, 1.82) is 0 Å². The van der Waals surface area contributed by atoms with Gasteiger partial charge in [0, 0.05) is 16.7 Å². The van der Waals surface area contributed by atoms with E-state index in [9.17, 15) is 14.7 Å². The predicted molar refractivity (Wildman–Crippen MR) is 125 cm³/mol. The number of hydrogen-bond donors (Lipinski definition) is 3. The quantitative estimate of drug-likeness (QED) is 0.313. The maximum atomic E-state index is 13.1. The summed E-state index contributed by atoms with van der Waals surface area (Å²) in [6, 6.07) is 23.2. The molecule has 0 aliphatic rings. The molecule has 3 N–H and O–H groups in total. The van der Waals surface area contributed by atoms with E-state index in [4.69, 9.17) is 4.74 Å². The van der Waals surface area contributed by atoms with E-state index in [-0.39, 0.29) is 17.1 Å². The molecule has 4 aromatic rings. The third kappa shape index (κ3) is 4.49. The van der Waals surface area contributed by atoms with Gasteiger partial charge in [0.2, 0.25) is 0 Å². The average molecular weight is 440 g/mol. The van der Waals surface area contributed by atoms with Gasteiger partial charge in [-0.25, -0.2) is 10.5 Å². The Bertz CT molecular complexity index is 1370. The minimum Gasteiger partial charge on any atom is -0.504 e. The zero-order valence-electron chi connectivity index (χ0n) is 17.6. The summed E-state index contributed by atoms with van der Waals surface area (Å²) in [4.78, 5) is 25.8. The van der Waals surface area contributed by atoms with E-state index in [1.165, 1.54) is 13.3 Å². The third-order valence-electron chi connectivity index (χ3n) is 4.94. The number of para-hydroxylation sites is 1. The lowest BCUT2D eigenvalue weighted by atomic mass is 9.95. The molecule has 0 atom stereocenters. The number of ether oxygens (including phenoxy) is 1. The number of aromatic amines is 1. The number of hydrogen-bond acceptors (Lipinski definition) is 6. The highest BCUT2D eigenvalue weighted by atomic mass is 16.5. The van der Waals surface area contributed by atoms with Crippen LogP contribution in [0.1, 0.15) is 15.9 Å². The van der Waals surface area contributed by atoms with Crippen molar-refractivity contribution in [2.75, 3.05) is 7.11 Å². The van der Waals surface area contributed by atoms with Gasteiger partial charge in [-0.3, -0.25) is 9.59 Å². The van der Waals surface area contributed by atoms with Gasteiger partial charge < -0.3 is 9.84 Å². The Kier molecular flexibility index (Phi) is 6.26. The molecule has 164 valence electrons. The molecule has 3 aromatic carbocycles. The maximum Gasteiger partial charge on any atom is 0.277 e. The summed E-state index contributed by atoms with van der Waals surface area (Å²) in [7, 11) is 1.43. The first-order chi connectivity index (χ1) is 16.1. The van der Waals surface area contributed by atoms with Crippen LogP contribution >= 0.6 is 0 Å². The monoisotopic (exact) mass is 440 g/mol. The number of nitrogens with one attached hydrogen (secondary N) is 2. The molecule has 8 heteroatoms. The smallest absolute Gasteiger partial charge is 0.277 e. The second-order valence-corrected chi connectivity index (χ2v) is 6.98. The molecule has 0 spiro atoms. The number of phenolic OH excluding ortho intramolecular Hbond substituents is 1. The summed E-state index contributed by atoms with van der Waals surface area (Å²) in [5.74, 6) is -0.556. The normalized spacial score (nSPS) is 10.8. The number of methoxy groups -OCH3 is 1. The zero-order chi connectivity index (χ0) is 23.2. The van der Waals surface area contributed by atoms with Crippen molar-refractivity contribution in [1.82, 2.24) is 15.6 Å². The van der Waals surface area contributed by atoms with Crippen LogP contribution in [-0.2, 0) is 0 Å². The van der Waals surface area contributed by atoms with Gasteiger partial charge in [-0.2, -0.15) is 10.2 Å². The van der Waals surface area contributed by atoms with Crippen molar-refractivity contribution in [2.24, 2.45) is 5.10 Å². The fraction of sp³-hybridized carbons (Fsp3) is 0.0400. The number of phenols is 1. The number of nitrogens with zero attached hydrogens (tertiary/aromatic N) is 2. The summed E-state index contributed by atoms with van der Waals surface area (Å²) < 4.78 is 5.07. The topological polar surface area (TPSA) is 117 Å². The van der Waals surface area contributed by atoms with E-state index in [1.54, 1.807) is 30.3 Å². The number of H-pyrrole nitrogens is 1. The summed E-state index contributed by atoms with van der Waals surface area (Å²) in [5.41, 5.74) is 4.20. The Morgan fingerprint density at radius 2 is 1.67 bits per heavy atom. The molecular weight excluding hydrogens is 420 g/mol. The summed E-state index contributed by atoms with van der Waals surface area (Å²) >= 11 is 0. The first kappa shape index (κ1) is 21.5. The van der Waals surface area contributed by atoms with Crippen LogP contribution in [-0.4, -0.2) is 34.5 Å². The van der Waals surface area contributed by atoms with Gasteiger partial charge in [-0.05, 0) is 17.7 Å². The number of rotatable bonds is 6. The van der Waals surface area contributed by atoms with Gasteiger partial charge in [0.1, 0.15) is 5.56 Å². The molecule has 0 saturated heterocycles. The Balaban J connectivity index is 1.76. The van der Waals surface area contributed by atoms with Gasteiger partial charge in [-0.15, -0.1) is 0 Å². The lowest BCUT2D eigenvalue weighted by Gasteiger charge is -2.13. The summed E-state index contributed by atoms with van der Waals surface area (Å²) in [5, 5.41) is 20.7. The predicted octanol–water partition coefficient (Wildman–Crippen LogP) is 3.58. The van der Waals surface area contributed by atoms with E-state index >= 15 is 0 Å². The Hall–Kier alpha value is -4.72. The fourth-order valence-corrected chi connectivity index (χ4v) is 3.38. The van der Waals surface area contributed by atoms with Gasteiger partial charge >= 0.3 is 0 Å². The lowest BCUT2D eigenvalue weighted by molar-refractivity contribution is 0.0954. The third-order valence-corrected chi connectivity index (χ3v) is 4.94. The van der Waals surface area contributed by atoms with Gasteiger partial charge in [-0.1, -0.05) is 66.7 Å². The molecule has 1 amide bonds. The van der Waals surface area contributed by atoms with E-state index in [1.807, 2.05) is 48.5 Å². The van der Waals surface area contributed by atoms with Crippen molar-refractivity contribution < 1.29 is 14.6 Å². The molecule has 0 bridgehead atoms. The second-order valence-electron chi connectivity index (χ2n) is 6.98. The number of amides is 1. The van der Waals surface area contributed by atoms with Crippen LogP contribution in [0.5, 0.6) is 11.5 Å². The van der Waals surface area contributed by atoms with Gasteiger partial charge in [0.25, 0.3) is 11.5 Å². The van der Waals surface area contributed by atoms with Crippen LogP contribution in [0.15, 0.2) is 88.8 Å². The van der Waals surface area contributed by atoms with Crippen LogP contribution < -0.4 is 15.7 Å². The Morgan fingerprint density at radius 3 is 2.33 bits per heavy atom. The van der Waals surface area contributed by atoms with Crippen LogP contribution in [0.2, 0.25) is 0 Å². The van der Waals surface area contributed by atoms with E-state index in [0.29, 0.717) is 22.4 Å². The van der Waals surface area contributed by atoms with Crippen molar-refractivity contribution in [3.8, 4) is 33.9 Å². The minimum absolute atomic E-state index is 0.115.